The van der Waals surface area contributed by atoms with Gasteiger partial charge in [-0.25, -0.2) is 0 Å². The van der Waals surface area contributed by atoms with Crippen molar-refractivity contribution in [1.29, 1.82) is 0 Å². The number of benzene rings is 2. The first kappa shape index (κ1) is 35.1. The zero-order valence-corrected chi connectivity index (χ0v) is 27.5. The summed E-state index contributed by atoms with van der Waals surface area (Å²) < 4.78 is 35.5. The molecule has 0 aliphatic carbocycles. The normalized spacial score (nSPS) is 20.8. The van der Waals surface area contributed by atoms with E-state index in [1.807, 2.05) is 55.4 Å². The average molecular weight is 653 g/mol. The van der Waals surface area contributed by atoms with Crippen molar-refractivity contribution in [2.75, 3.05) is 27.2 Å². The van der Waals surface area contributed by atoms with Crippen molar-refractivity contribution < 1.29 is 47.6 Å². The van der Waals surface area contributed by atoms with Crippen LogP contribution in [-0.4, -0.2) is 91.3 Å². The van der Waals surface area contributed by atoms with Crippen molar-refractivity contribution in [3.63, 3.8) is 0 Å². The van der Waals surface area contributed by atoms with E-state index in [0.717, 1.165) is 43.8 Å². The van der Waals surface area contributed by atoms with Crippen molar-refractivity contribution in [3.8, 4) is 16.9 Å². The van der Waals surface area contributed by atoms with Crippen LogP contribution < -0.4 is 10.3 Å². The highest BCUT2D eigenvalue weighted by atomic mass is 16.7. The molecule has 0 saturated carbocycles. The summed E-state index contributed by atoms with van der Waals surface area (Å²) in [5.41, 5.74) is 2.24. The van der Waals surface area contributed by atoms with Gasteiger partial charge in [-0.15, -0.1) is 0 Å². The Bertz CT molecular complexity index is 1700. The van der Waals surface area contributed by atoms with Crippen molar-refractivity contribution in [3.05, 3.63) is 64.6 Å². The van der Waals surface area contributed by atoms with Crippen molar-refractivity contribution in [2.24, 2.45) is 0 Å². The second-order valence-electron chi connectivity index (χ2n) is 11.6. The van der Waals surface area contributed by atoms with Crippen molar-refractivity contribution >= 4 is 34.6 Å². The zero-order chi connectivity index (χ0) is 34.4. The van der Waals surface area contributed by atoms with E-state index in [0.29, 0.717) is 23.2 Å². The fourth-order valence-corrected chi connectivity index (χ4v) is 5.31. The molecule has 3 aromatic rings. The van der Waals surface area contributed by atoms with E-state index in [1.54, 1.807) is 23.8 Å². The Morgan fingerprint density at radius 2 is 1.43 bits per heavy atom. The van der Waals surface area contributed by atoms with E-state index in [9.17, 15) is 24.0 Å². The molecule has 252 valence electrons. The van der Waals surface area contributed by atoms with Gasteiger partial charge in [-0.05, 0) is 67.4 Å². The standard InChI is InChI=1S/C34H40N2O11/c1-19-16-25(26-9-8-24-12-13-36(15-14-35(6)7)33(41)27(24)17-26)10-11-28(19)46-34-32(45-23(5)40)31(44-22(4)39)30(43-21(3)38)29(47-34)18-42-20(2)37/h8-13,16-17,29-32,34H,14-15,18H2,1-7H3. The van der Waals surface area contributed by atoms with Crippen molar-refractivity contribution in [2.45, 2.75) is 71.9 Å². The third-order valence-electron chi connectivity index (χ3n) is 7.47. The number of fused-ring (bicyclic) bond motifs is 1. The first-order valence-electron chi connectivity index (χ1n) is 15.1. The molecule has 2 heterocycles. The number of aryl methyl sites for hydroxylation is 1. The molecule has 0 spiro atoms. The Hall–Kier alpha value is -4.75. The predicted molar refractivity (Wildman–Crippen MR) is 170 cm³/mol. The van der Waals surface area contributed by atoms with Gasteiger partial charge in [-0.2, -0.15) is 0 Å². The molecule has 5 atom stereocenters. The lowest BCUT2D eigenvalue weighted by atomic mass is 9.97. The topological polar surface area (TPSA) is 149 Å². The summed E-state index contributed by atoms with van der Waals surface area (Å²) in [6.07, 6.45) is -4.69. The van der Waals surface area contributed by atoms with Gasteiger partial charge >= 0.3 is 23.9 Å². The number of aromatic nitrogens is 1. The number of ether oxygens (including phenoxy) is 6. The quantitative estimate of drug-likeness (QED) is 0.221. The predicted octanol–water partition coefficient (Wildman–Crippen LogP) is 3.00. The number of carbonyl (C=O) groups excluding carboxylic acids is 4. The van der Waals surface area contributed by atoms with Gasteiger partial charge in [-0.3, -0.25) is 24.0 Å². The number of pyridine rings is 1. The fraction of sp³-hybridized carbons (Fsp3) is 0.441. The van der Waals surface area contributed by atoms with Crippen LogP contribution >= 0.6 is 0 Å². The number of likely N-dealkylation sites (N-methyl/N-ethyl adjacent to an activating group) is 1. The third kappa shape index (κ3) is 8.95. The van der Waals surface area contributed by atoms with Gasteiger partial charge in [0.1, 0.15) is 18.5 Å². The van der Waals surface area contributed by atoms with Crippen LogP contribution in [0.4, 0.5) is 0 Å². The minimum absolute atomic E-state index is 0.0773. The van der Waals surface area contributed by atoms with E-state index in [-0.39, 0.29) is 12.2 Å². The first-order chi connectivity index (χ1) is 22.2. The number of rotatable bonds is 11. The second-order valence-corrected chi connectivity index (χ2v) is 11.6. The highest BCUT2D eigenvalue weighted by molar-refractivity contribution is 5.86. The molecule has 1 aliphatic rings. The molecule has 13 nitrogen and oxygen atoms in total. The van der Waals surface area contributed by atoms with Crippen LogP contribution in [-0.2, 0) is 49.4 Å². The van der Waals surface area contributed by atoms with Crippen LogP contribution in [0.15, 0.2) is 53.5 Å². The van der Waals surface area contributed by atoms with Gasteiger partial charge in [0, 0.05) is 52.4 Å². The minimum Gasteiger partial charge on any atom is -0.463 e. The summed E-state index contributed by atoms with van der Waals surface area (Å²) in [6.45, 7) is 7.39. The summed E-state index contributed by atoms with van der Waals surface area (Å²) in [5, 5.41) is 1.43. The highest BCUT2D eigenvalue weighted by Gasteiger charge is 2.53. The molecule has 0 bridgehead atoms. The maximum absolute atomic E-state index is 13.2. The van der Waals surface area contributed by atoms with Gasteiger partial charge in [0.15, 0.2) is 12.2 Å². The van der Waals surface area contributed by atoms with Crippen LogP contribution in [0.2, 0.25) is 0 Å². The zero-order valence-electron chi connectivity index (χ0n) is 27.5. The largest absolute Gasteiger partial charge is 0.463 e. The maximum atomic E-state index is 13.2. The lowest BCUT2D eigenvalue weighted by Gasteiger charge is -2.44. The number of carbonyl (C=O) groups is 4. The Balaban J connectivity index is 1.67. The molecule has 0 N–H and O–H groups in total. The molecule has 5 unspecified atom stereocenters. The molecule has 4 rings (SSSR count). The fourth-order valence-electron chi connectivity index (χ4n) is 5.31. The van der Waals surface area contributed by atoms with Gasteiger partial charge in [-0.1, -0.05) is 18.2 Å². The summed E-state index contributed by atoms with van der Waals surface area (Å²) in [4.78, 5) is 63.2. The van der Waals surface area contributed by atoms with Gasteiger partial charge < -0.3 is 37.9 Å². The Labute approximate surface area is 272 Å². The van der Waals surface area contributed by atoms with E-state index < -0.39 is 54.6 Å². The van der Waals surface area contributed by atoms with Crippen LogP contribution in [0.5, 0.6) is 5.75 Å². The smallest absolute Gasteiger partial charge is 0.303 e. The molecule has 0 amide bonds. The van der Waals surface area contributed by atoms with E-state index in [4.69, 9.17) is 28.4 Å². The molecule has 47 heavy (non-hydrogen) atoms. The lowest BCUT2D eigenvalue weighted by molar-refractivity contribution is -0.288. The first-order valence-corrected chi connectivity index (χ1v) is 15.1. The number of hydrogen-bond donors (Lipinski definition) is 0. The minimum atomic E-state index is -1.36. The van der Waals surface area contributed by atoms with Crippen LogP contribution in [0.25, 0.3) is 21.9 Å². The summed E-state index contributed by atoms with van der Waals surface area (Å²) >= 11 is 0. The van der Waals surface area contributed by atoms with E-state index in [1.165, 1.54) is 6.92 Å². The Kier molecular flexibility index (Phi) is 11.4. The van der Waals surface area contributed by atoms with Gasteiger partial charge in [0.05, 0.1) is 0 Å². The number of nitrogens with zero attached hydrogens (tertiary/aromatic N) is 2. The van der Waals surface area contributed by atoms with Crippen LogP contribution in [0.1, 0.15) is 33.3 Å². The van der Waals surface area contributed by atoms with Crippen LogP contribution in [0.3, 0.4) is 0 Å². The molecule has 1 aliphatic heterocycles. The second kappa shape index (κ2) is 15.2. The molecule has 1 fully saturated rings. The monoisotopic (exact) mass is 652 g/mol. The molecule has 1 saturated heterocycles. The highest BCUT2D eigenvalue weighted by Crippen LogP contribution is 2.33. The van der Waals surface area contributed by atoms with E-state index >= 15 is 0 Å². The summed E-state index contributed by atoms with van der Waals surface area (Å²) in [7, 11) is 3.91. The Morgan fingerprint density at radius 3 is 2.04 bits per heavy atom. The molecule has 1 aromatic heterocycles. The maximum Gasteiger partial charge on any atom is 0.303 e. The van der Waals surface area contributed by atoms with Gasteiger partial charge in [0.25, 0.3) is 5.56 Å². The lowest BCUT2D eigenvalue weighted by Crippen LogP contribution is -2.63. The van der Waals surface area contributed by atoms with E-state index in [2.05, 4.69) is 0 Å². The summed E-state index contributed by atoms with van der Waals surface area (Å²) in [5.74, 6) is -2.46. The molecule has 2 aromatic carbocycles. The molecular formula is C34H40N2O11. The number of hydrogen-bond acceptors (Lipinski definition) is 12. The molecule has 13 heteroatoms. The summed E-state index contributed by atoms with van der Waals surface area (Å²) in [6, 6.07) is 13.0. The van der Waals surface area contributed by atoms with Crippen molar-refractivity contribution in [1.82, 2.24) is 9.47 Å². The molecule has 0 radical (unpaired) electrons. The molecular weight excluding hydrogens is 612 g/mol. The van der Waals surface area contributed by atoms with Crippen LogP contribution in [0, 0.1) is 6.92 Å². The number of esters is 4. The third-order valence-corrected chi connectivity index (χ3v) is 7.47. The Morgan fingerprint density at radius 1 is 0.809 bits per heavy atom. The van der Waals surface area contributed by atoms with Gasteiger partial charge in [0.2, 0.25) is 12.4 Å². The average Bonchev–Trinajstić information content (AvgIpc) is 2.99. The SMILES string of the molecule is CC(=O)OCC1OC(Oc2ccc(-c3ccc4ccn(CCN(C)C)c(=O)c4c3)cc2C)C(OC(C)=O)C(OC(C)=O)C1OC(C)=O.